The van der Waals surface area contributed by atoms with E-state index in [9.17, 15) is 4.79 Å². The van der Waals surface area contributed by atoms with Gasteiger partial charge in [0.1, 0.15) is 18.1 Å². The molecular formula is C17H22O4. The number of carbonyl (C=O) groups is 1. The first-order chi connectivity index (χ1) is 10.2. The maximum Gasteiger partial charge on any atom is 0.330 e. The van der Waals surface area contributed by atoms with Crippen LogP contribution in [0.3, 0.4) is 0 Å². The van der Waals surface area contributed by atoms with Gasteiger partial charge in [-0.1, -0.05) is 6.08 Å². The monoisotopic (exact) mass is 290 g/mol. The summed E-state index contributed by atoms with van der Waals surface area (Å²) in [6.07, 6.45) is 5.50. The first kappa shape index (κ1) is 16.8. The van der Waals surface area contributed by atoms with E-state index in [0.717, 1.165) is 17.1 Å². The Morgan fingerprint density at radius 1 is 1.24 bits per heavy atom. The molecule has 0 aliphatic rings. The van der Waals surface area contributed by atoms with Crippen molar-refractivity contribution in [1.29, 1.82) is 0 Å². The van der Waals surface area contributed by atoms with Gasteiger partial charge in [-0.2, -0.15) is 0 Å². The lowest BCUT2D eigenvalue weighted by Gasteiger charge is -2.11. The van der Waals surface area contributed by atoms with Gasteiger partial charge in [0.15, 0.2) is 0 Å². The zero-order chi connectivity index (χ0) is 15.5. The Labute approximate surface area is 126 Å². The van der Waals surface area contributed by atoms with Crippen molar-refractivity contribution >= 4 is 5.97 Å². The van der Waals surface area contributed by atoms with Crippen molar-refractivity contribution in [1.82, 2.24) is 0 Å². The number of carbonyl (C=O) groups excluding carboxylic acids is 1. The van der Waals surface area contributed by atoms with E-state index in [4.69, 9.17) is 14.2 Å². The van der Waals surface area contributed by atoms with Crippen molar-refractivity contribution in [3.05, 3.63) is 48.6 Å². The zero-order valence-electron chi connectivity index (χ0n) is 12.6. The summed E-state index contributed by atoms with van der Waals surface area (Å²) in [7, 11) is 0. The molecule has 0 aliphatic carbocycles. The summed E-state index contributed by atoms with van der Waals surface area (Å²) in [4.78, 5) is 11.1. The second-order valence-corrected chi connectivity index (χ2v) is 4.16. The highest BCUT2D eigenvalue weighted by atomic mass is 16.5. The van der Waals surface area contributed by atoms with Crippen LogP contribution in [0.15, 0.2) is 43.0 Å². The highest BCUT2D eigenvalue weighted by Gasteiger charge is 2.04. The lowest BCUT2D eigenvalue weighted by Crippen LogP contribution is -2.02. The molecule has 1 aromatic carbocycles. The highest BCUT2D eigenvalue weighted by molar-refractivity contribution is 5.81. The van der Waals surface area contributed by atoms with Gasteiger partial charge in [-0.25, -0.2) is 4.79 Å². The Morgan fingerprint density at radius 2 is 2.05 bits per heavy atom. The van der Waals surface area contributed by atoms with Crippen LogP contribution in [0.2, 0.25) is 0 Å². The van der Waals surface area contributed by atoms with Crippen LogP contribution >= 0.6 is 0 Å². The van der Waals surface area contributed by atoms with Crippen molar-refractivity contribution in [2.45, 2.75) is 20.3 Å². The summed E-state index contributed by atoms with van der Waals surface area (Å²) >= 11 is 0. The summed E-state index contributed by atoms with van der Waals surface area (Å²) in [5.41, 5.74) is 1.00. The molecule has 0 amide bonds. The molecule has 0 spiro atoms. The van der Waals surface area contributed by atoms with E-state index in [1.54, 1.807) is 13.0 Å². The number of allylic oxidation sites excluding steroid dienone is 1. The van der Waals surface area contributed by atoms with Gasteiger partial charge < -0.3 is 14.2 Å². The summed E-state index contributed by atoms with van der Waals surface area (Å²) in [5, 5.41) is 0. The molecule has 4 heteroatoms. The van der Waals surface area contributed by atoms with Gasteiger partial charge in [-0.05, 0) is 44.5 Å². The molecule has 1 aromatic rings. The predicted octanol–water partition coefficient (Wildman–Crippen LogP) is 3.31. The SMILES string of the molecule is C=CCc1cc(OCC)ccc1OC/C=C/C(=O)OCC. The average Bonchev–Trinajstić information content (AvgIpc) is 2.46. The lowest BCUT2D eigenvalue weighted by molar-refractivity contribution is -0.137. The van der Waals surface area contributed by atoms with Gasteiger partial charge in [0.2, 0.25) is 0 Å². The van der Waals surface area contributed by atoms with E-state index in [-0.39, 0.29) is 5.97 Å². The molecule has 0 radical (unpaired) electrons. The Bertz CT molecular complexity index is 492. The standard InChI is InChI=1S/C17H22O4/c1-4-8-14-13-15(19-5-2)10-11-16(14)21-12-7-9-17(18)20-6-3/h4,7,9-11,13H,1,5-6,8,12H2,2-3H3/b9-7+. The third kappa shape index (κ3) is 6.17. The molecule has 0 atom stereocenters. The van der Waals surface area contributed by atoms with Crippen molar-refractivity contribution in [2.75, 3.05) is 19.8 Å². The second kappa shape index (κ2) is 9.64. The Kier molecular flexibility index (Phi) is 7.72. The number of esters is 1. The summed E-state index contributed by atoms with van der Waals surface area (Å²) < 4.78 is 15.9. The molecule has 0 aliphatic heterocycles. The van der Waals surface area contributed by atoms with E-state index < -0.39 is 0 Å². The molecule has 0 heterocycles. The van der Waals surface area contributed by atoms with Crippen LogP contribution in [-0.2, 0) is 16.0 Å². The number of ether oxygens (including phenoxy) is 3. The quantitative estimate of drug-likeness (QED) is 0.397. The summed E-state index contributed by atoms with van der Waals surface area (Å²) in [6.45, 7) is 8.74. The fourth-order valence-electron chi connectivity index (χ4n) is 1.74. The number of hydrogen-bond acceptors (Lipinski definition) is 4. The second-order valence-electron chi connectivity index (χ2n) is 4.16. The zero-order valence-corrected chi connectivity index (χ0v) is 12.6. The summed E-state index contributed by atoms with van der Waals surface area (Å²) in [6, 6.07) is 5.66. The van der Waals surface area contributed by atoms with E-state index in [1.165, 1.54) is 6.08 Å². The van der Waals surface area contributed by atoms with Crippen LogP contribution in [0.5, 0.6) is 11.5 Å². The molecule has 0 saturated heterocycles. The van der Waals surface area contributed by atoms with Crippen LogP contribution in [0.4, 0.5) is 0 Å². The fraction of sp³-hybridized carbons (Fsp3) is 0.353. The number of benzene rings is 1. The third-order valence-electron chi connectivity index (χ3n) is 2.58. The average molecular weight is 290 g/mol. The van der Waals surface area contributed by atoms with Gasteiger partial charge in [0.25, 0.3) is 0 Å². The van der Waals surface area contributed by atoms with Crippen LogP contribution in [0, 0.1) is 0 Å². The van der Waals surface area contributed by atoms with Crippen molar-refractivity contribution < 1.29 is 19.0 Å². The lowest BCUT2D eigenvalue weighted by atomic mass is 10.1. The maximum absolute atomic E-state index is 11.1. The van der Waals surface area contributed by atoms with Gasteiger partial charge >= 0.3 is 5.97 Å². The van der Waals surface area contributed by atoms with Gasteiger partial charge in [-0.3, -0.25) is 0 Å². The Balaban J connectivity index is 2.64. The van der Waals surface area contributed by atoms with Gasteiger partial charge in [-0.15, -0.1) is 6.58 Å². The largest absolute Gasteiger partial charge is 0.494 e. The van der Waals surface area contributed by atoms with Gasteiger partial charge in [0, 0.05) is 11.6 Å². The summed E-state index contributed by atoms with van der Waals surface area (Å²) in [5.74, 6) is 1.20. The first-order valence-corrected chi connectivity index (χ1v) is 7.04. The minimum atomic E-state index is -0.362. The highest BCUT2D eigenvalue weighted by Crippen LogP contribution is 2.25. The maximum atomic E-state index is 11.1. The molecule has 0 bridgehead atoms. The molecule has 0 saturated carbocycles. The van der Waals surface area contributed by atoms with Crippen LogP contribution < -0.4 is 9.47 Å². The van der Waals surface area contributed by atoms with Crippen molar-refractivity contribution in [3.8, 4) is 11.5 Å². The van der Waals surface area contributed by atoms with Crippen molar-refractivity contribution in [2.24, 2.45) is 0 Å². The van der Waals surface area contributed by atoms with Crippen LogP contribution in [0.1, 0.15) is 19.4 Å². The Hall–Kier alpha value is -2.23. The van der Waals surface area contributed by atoms with E-state index in [0.29, 0.717) is 26.2 Å². The minimum Gasteiger partial charge on any atom is -0.494 e. The minimum absolute atomic E-state index is 0.303. The molecule has 21 heavy (non-hydrogen) atoms. The molecule has 0 aromatic heterocycles. The topological polar surface area (TPSA) is 44.8 Å². The molecule has 4 nitrogen and oxygen atoms in total. The number of hydrogen-bond donors (Lipinski definition) is 0. The molecule has 0 fully saturated rings. The predicted molar refractivity (Wildman–Crippen MR) is 82.8 cm³/mol. The smallest absolute Gasteiger partial charge is 0.330 e. The molecule has 1 rings (SSSR count). The third-order valence-corrected chi connectivity index (χ3v) is 2.58. The van der Waals surface area contributed by atoms with Crippen molar-refractivity contribution in [3.63, 3.8) is 0 Å². The molecule has 114 valence electrons. The number of rotatable bonds is 9. The first-order valence-electron chi connectivity index (χ1n) is 7.04. The van der Waals surface area contributed by atoms with E-state index >= 15 is 0 Å². The Morgan fingerprint density at radius 3 is 2.71 bits per heavy atom. The molecule has 0 unspecified atom stereocenters. The van der Waals surface area contributed by atoms with E-state index in [1.807, 2.05) is 31.2 Å². The molecular weight excluding hydrogens is 268 g/mol. The molecule has 0 N–H and O–H groups in total. The normalized spacial score (nSPS) is 10.4. The van der Waals surface area contributed by atoms with E-state index in [2.05, 4.69) is 6.58 Å². The van der Waals surface area contributed by atoms with Crippen LogP contribution in [-0.4, -0.2) is 25.8 Å². The fourth-order valence-corrected chi connectivity index (χ4v) is 1.74. The van der Waals surface area contributed by atoms with Gasteiger partial charge in [0.05, 0.1) is 13.2 Å². The van der Waals surface area contributed by atoms with Crippen LogP contribution in [0.25, 0.3) is 0 Å².